The number of rotatable bonds is 11. The van der Waals surface area contributed by atoms with E-state index in [2.05, 4.69) is 0 Å². The highest BCUT2D eigenvalue weighted by Gasteiger charge is 2.27. The van der Waals surface area contributed by atoms with Crippen LogP contribution in [0.25, 0.3) is 0 Å². The predicted molar refractivity (Wildman–Crippen MR) is 123 cm³/mol. The Morgan fingerprint density at radius 3 is 1.16 bits per heavy atom. The molecule has 0 spiro atoms. The maximum atomic E-state index is 13.2. The zero-order valence-electron chi connectivity index (χ0n) is 18.4. The summed E-state index contributed by atoms with van der Waals surface area (Å²) in [6.45, 7) is 0.249. The normalized spacial score (nSPS) is 10.3. The second kappa shape index (κ2) is 12.3. The number of hydrogen-bond donors (Lipinski definition) is 0. The van der Waals surface area contributed by atoms with E-state index in [-0.39, 0.29) is 36.2 Å². The lowest BCUT2D eigenvalue weighted by molar-refractivity contribution is 0.0695. The monoisotopic (exact) mass is 484 g/mol. The molecule has 0 radical (unpaired) electrons. The van der Waals surface area contributed by atoms with Gasteiger partial charge in [0.25, 0.3) is 11.8 Å². The molecule has 2 rings (SSSR count). The Morgan fingerprint density at radius 1 is 0.656 bits per heavy atom. The predicted octanol–water partition coefficient (Wildman–Crippen LogP) is 3.70. The number of carbonyl (C=O) groups excluding carboxylic acids is 2. The fraction of sp³-hybridized carbons (Fsp3) is 0.364. The summed E-state index contributed by atoms with van der Waals surface area (Å²) in [5, 5.41) is 0. The summed E-state index contributed by atoms with van der Waals surface area (Å²) in [5.74, 6) is 0.626. The van der Waals surface area contributed by atoms with Crippen LogP contribution >= 0.6 is 23.2 Å². The molecule has 8 nitrogen and oxygen atoms in total. The molecule has 0 aliphatic heterocycles. The zero-order valence-corrected chi connectivity index (χ0v) is 19.9. The van der Waals surface area contributed by atoms with Gasteiger partial charge < -0.3 is 28.7 Å². The van der Waals surface area contributed by atoms with Crippen molar-refractivity contribution in [1.82, 2.24) is 9.80 Å². The van der Waals surface area contributed by atoms with Gasteiger partial charge in [-0.1, -0.05) is 12.1 Å². The Bertz CT molecular complexity index is 821. The minimum atomic E-state index is -0.397. The molecule has 2 aromatic carbocycles. The van der Waals surface area contributed by atoms with Gasteiger partial charge in [-0.2, -0.15) is 0 Å². The van der Waals surface area contributed by atoms with E-state index in [1.165, 1.54) is 38.2 Å². The van der Waals surface area contributed by atoms with Gasteiger partial charge >= 0.3 is 0 Å². The third-order valence-corrected chi connectivity index (χ3v) is 5.36. The summed E-state index contributed by atoms with van der Waals surface area (Å²) in [6, 6.07) is 9.84. The van der Waals surface area contributed by atoms with Crippen molar-refractivity contribution < 1.29 is 28.5 Å². The number of halogens is 2. The van der Waals surface area contributed by atoms with Gasteiger partial charge in [0.15, 0.2) is 0 Å². The molecule has 0 atom stereocenters. The molecule has 2 amide bonds. The van der Waals surface area contributed by atoms with Crippen LogP contribution in [0.2, 0.25) is 0 Å². The molecule has 0 unspecified atom stereocenters. The highest BCUT2D eigenvalue weighted by Crippen LogP contribution is 2.31. The molecule has 2 aromatic rings. The molecule has 0 N–H and O–H groups in total. The van der Waals surface area contributed by atoms with Crippen molar-refractivity contribution in [2.24, 2.45) is 0 Å². The molecular weight excluding hydrogens is 459 g/mol. The molecule has 32 heavy (non-hydrogen) atoms. The van der Waals surface area contributed by atoms with Gasteiger partial charge in [-0.05, 0) is 24.3 Å². The van der Waals surface area contributed by atoms with Crippen LogP contribution in [0.15, 0.2) is 36.4 Å². The standard InChI is InChI=1S/C22H26Cl2N2O6/c1-29-15-7-5-8-16(30-2)19(15)21(27)25(13-23)11-12-26(14-24)22(28)20-17(31-3)9-6-10-18(20)32-4/h5-10H,11-14H2,1-4H3. The number of nitrogens with zero attached hydrogens (tertiary/aromatic N) is 2. The first-order valence-electron chi connectivity index (χ1n) is 9.59. The maximum Gasteiger partial charge on any atom is 0.262 e. The highest BCUT2D eigenvalue weighted by molar-refractivity contribution is 6.19. The van der Waals surface area contributed by atoms with Gasteiger partial charge in [0.05, 0.1) is 40.4 Å². The molecular formula is C22H26Cl2N2O6. The minimum Gasteiger partial charge on any atom is -0.496 e. The van der Waals surface area contributed by atoms with Crippen LogP contribution in [0.3, 0.4) is 0 Å². The molecule has 0 saturated heterocycles. The summed E-state index contributed by atoms with van der Waals surface area (Å²) in [4.78, 5) is 29.1. The minimum absolute atomic E-state index is 0.109. The molecule has 10 heteroatoms. The van der Waals surface area contributed by atoms with Gasteiger partial charge in [0, 0.05) is 13.1 Å². The zero-order chi connectivity index (χ0) is 23.7. The SMILES string of the molecule is COc1cccc(OC)c1C(=O)N(CCl)CCN(CCl)C(=O)c1c(OC)cccc1OC. The quantitative estimate of drug-likeness (QED) is 0.357. The van der Waals surface area contributed by atoms with Crippen LogP contribution in [0.4, 0.5) is 0 Å². The van der Waals surface area contributed by atoms with E-state index in [0.717, 1.165) is 0 Å². The third kappa shape index (κ3) is 5.49. The number of methoxy groups -OCH3 is 4. The van der Waals surface area contributed by atoms with E-state index in [4.69, 9.17) is 42.1 Å². The maximum absolute atomic E-state index is 13.2. The summed E-state index contributed by atoms with van der Waals surface area (Å²) in [5.41, 5.74) is 0.488. The van der Waals surface area contributed by atoms with Crippen molar-refractivity contribution in [3.63, 3.8) is 0 Å². The van der Waals surface area contributed by atoms with Crippen molar-refractivity contribution in [2.75, 3.05) is 53.5 Å². The van der Waals surface area contributed by atoms with Gasteiger partial charge in [-0.3, -0.25) is 9.59 Å². The van der Waals surface area contributed by atoms with Gasteiger partial charge in [-0.15, -0.1) is 23.2 Å². The molecule has 0 fully saturated rings. The van der Waals surface area contributed by atoms with Crippen LogP contribution in [0.5, 0.6) is 23.0 Å². The highest BCUT2D eigenvalue weighted by atomic mass is 35.5. The Morgan fingerprint density at radius 2 is 0.938 bits per heavy atom. The van der Waals surface area contributed by atoms with Crippen molar-refractivity contribution in [1.29, 1.82) is 0 Å². The van der Waals surface area contributed by atoms with E-state index >= 15 is 0 Å². The van der Waals surface area contributed by atoms with Crippen LogP contribution in [0, 0.1) is 0 Å². The summed E-state index contributed by atoms with van der Waals surface area (Å²) in [7, 11) is 5.85. The van der Waals surface area contributed by atoms with E-state index in [1.54, 1.807) is 36.4 Å². The van der Waals surface area contributed by atoms with E-state index < -0.39 is 11.8 Å². The lowest BCUT2D eigenvalue weighted by atomic mass is 10.1. The smallest absolute Gasteiger partial charge is 0.262 e. The number of alkyl halides is 2. The largest absolute Gasteiger partial charge is 0.496 e. The molecule has 0 aliphatic rings. The van der Waals surface area contributed by atoms with E-state index in [0.29, 0.717) is 23.0 Å². The van der Waals surface area contributed by atoms with Crippen molar-refractivity contribution in [2.45, 2.75) is 0 Å². The number of benzene rings is 2. The van der Waals surface area contributed by atoms with Crippen LogP contribution in [-0.4, -0.2) is 75.2 Å². The molecule has 174 valence electrons. The van der Waals surface area contributed by atoms with Crippen molar-refractivity contribution >= 4 is 35.0 Å². The first kappa shape index (κ1) is 25.4. The average Bonchev–Trinajstić information content (AvgIpc) is 2.84. The van der Waals surface area contributed by atoms with Gasteiger partial charge in [0.1, 0.15) is 34.1 Å². The molecule has 0 aromatic heterocycles. The number of amides is 2. The summed E-state index contributed by atoms with van der Waals surface area (Å²) < 4.78 is 21.3. The molecule has 0 aliphatic carbocycles. The average molecular weight is 485 g/mol. The topological polar surface area (TPSA) is 77.5 Å². The molecule has 0 bridgehead atoms. The second-order valence-corrected chi connectivity index (χ2v) is 6.93. The fourth-order valence-corrected chi connectivity index (χ4v) is 3.57. The van der Waals surface area contributed by atoms with Crippen LogP contribution in [0.1, 0.15) is 20.7 Å². The first-order chi connectivity index (χ1) is 15.5. The lowest BCUT2D eigenvalue weighted by Gasteiger charge is -2.27. The molecule has 0 saturated carbocycles. The fourth-order valence-electron chi connectivity index (χ4n) is 3.11. The summed E-state index contributed by atoms with van der Waals surface area (Å²) in [6.07, 6.45) is 0. The molecule has 0 heterocycles. The van der Waals surface area contributed by atoms with Crippen LogP contribution < -0.4 is 18.9 Å². The van der Waals surface area contributed by atoms with E-state index in [1.807, 2.05) is 0 Å². The number of ether oxygens (including phenoxy) is 4. The second-order valence-electron chi connectivity index (χ2n) is 6.45. The third-order valence-electron chi connectivity index (χ3n) is 4.79. The summed E-state index contributed by atoms with van der Waals surface area (Å²) >= 11 is 12.1. The van der Waals surface area contributed by atoms with E-state index in [9.17, 15) is 9.59 Å². The Balaban J connectivity index is 2.26. The first-order valence-corrected chi connectivity index (χ1v) is 10.7. The van der Waals surface area contributed by atoms with Gasteiger partial charge in [0.2, 0.25) is 0 Å². The van der Waals surface area contributed by atoms with Crippen molar-refractivity contribution in [3.8, 4) is 23.0 Å². The number of carbonyl (C=O) groups is 2. The lowest BCUT2D eigenvalue weighted by Crippen LogP contribution is -2.40. The number of hydrogen-bond acceptors (Lipinski definition) is 6. The Hall–Kier alpha value is -2.84. The van der Waals surface area contributed by atoms with Gasteiger partial charge in [-0.25, -0.2) is 0 Å². The Labute approximate surface area is 197 Å². The van der Waals surface area contributed by atoms with Crippen molar-refractivity contribution in [3.05, 3.63) is 47.5 Å². The Kier molecular flexibility index (Phi) is 9.74. The van der Waals surface area contributed by atoms with Crippen LogP contribution in [-0.2, 0) is 0 Å².